The second-order valence-corrected chi connectivity index (χ2v) is 6.56. The molecule has 28 heavy (non-hydrogen) atoms. The van der Waals surface area contributed by atoms with E-state index in [1.807, 2.05) is 24.3 Å². The van der Waals surface area contributed by atoms with Crippen LogP contribution in [-0.2, 0) is 17.4 Å². The van der Waals surface area contributed by atoms with E-state index in [1.165, 1.54) is 6.07 Å². The fourth-order valence-corrected chi connectivity index (χ4v) is 3.29. The Hall–Kier alpha value is -3.17. The van der Waals surface area contributed by atoms with Gasteiger partial charge in [-0.15, -0.1) is 5.10 Å². The second-order valence-electron chi connectivity index (χ2n) is 6.56. The number of rotatable bonds is 3. The lowest BCUT2D eigenvalue weighted by Crippen LogP contribution is -2.39. The molecule has 7 nitrogen and oxygen atoms in total. The SMILES string of the molecule is Cc1cc(NCC(=O)N2CCCc3ccccc32)n2nc(C(F)(F)F)nc2n1. The average molecular weight is 390 g/mol. The minimum Gasteiger partial charge on any atom is -0.361 e. The normalized spacial score (nSPS) is 14.2. The first-order valence-electron chi connectivity index (χ1n) is 8.77. The van der Waals surface area contributed by atoms with E-state index in [1.54, 1.807) is 11.8 Å². The average Bonchev–Trinajstić information content (AvgIpc) is 3.10. The van der Waals surface area contributed by atoms with Crippen LogP contribution in [0.5, 0.6) is 0 Å². The van der Waals surface area contributed by atoms with E-state index in [9.17, 15) is 18.0 Å². The lowest BCUT2D eigenvalue weighted by atomic mass is 10.0. The van der Waals surface area contributed by atoms with Gasteiger partial charge in [0, 0.05) is 24.0 Å². The van der Waals surface area contributed by atoms with Crippen LogP contribution in [0.25, 0.3) is 5.78 Å². The van der Waals surface area contributed by atoms with Crippen molar-refractivity contribution in [3.8, 4) is 0 Å². The molecule has 0 spiro atoms. The van der Waals surface area contributed by atoms with Crippen molar-refractivity contribution >= 4 is 23.2 Å². The van der Waals surface area contributed by atoms with Crippen LogP contribution in [0.1, 0.15) is 23.5 Å². The topological polar surface area (TPSA) is 75.4 Å². The summed E-state index contributed by atoms with van der Waals surface area (Å²) in [4.78, 5) is 21.8. The molecule has 3 heterocycles. The van der Waals surface area contributed by atoms with E-state index < -0.39 is 12.0 Å². The van der Waals surface area contributed by atoms with Gasteiger partial charge in [-0.2, -0.15) is 22.7 Å². The van der Waals surface area contributed by atoms with Crippen molar-refractivity contribution in [1.82, 2.24) is 19.6 Å². The van der Waals surface area contributed by atoms with Crippen molar-refractivity contribution < 1.29 is 18.0 Å². The van der Waals surface area contributed by atoms with E-state index in [0.717, 1.165) is 28.6 Å². The van der Waals surface area contributed by atoms with Crippen molar-refractivity contribution in [3.63, 3.8) is 0 Å². The molecule has 0 atom stereocenters. The first-order chi connectivity index (χ1) is 13.3. The van der Waals surface area contributed by atoms with E-state index >= 15 is 0 Å². The van der Waals surface area contributed by atoms with Gasteiger partial charge in [0.05, 0.1) is 6.54 Å². The van der Waals surface area contributed by atoms with Gasteiger partial charge < -0.3 is 10.2 Å². The zero-order chi connectivity index (χ0) is 19.9. The summed E-state index contributed by atoms with van der Waals surface area (Å²) in [6.07, 6.45) is -2.90. The molecule has 0 saturated heterocycles. The third-order valence-corrected chi connectivity index (χ3v) is 4.53. The number of amides is 1. The van der Waals surface area contributed by atoms with Crippen molar-refractivity contribution in [2.75, 3.05) is 23.3 Å². The standard InChI is InChI=1S/C18H17F3N6O/c1-11-9-14(27-17(23-11)24-16(25-27)18(19,20)21)22-10-15(28)26-8-4-6-12-5-2-3-7-13(12)26/h2-3,5,7,9,22H,4,6,8,10H2,1H3. The number of aromatic nitrogens is 4. The zero-order valence-electron chi connectivity index (χ0n) is 15.0. The number of fused-ring (bicyclic) bond motifs is 2. The molecule has 0 radical (unpaired) electrons. The van der Waals surface area contributed by atoms with Crippen molar-refractivity contribution in [3.05, 3.63) is 47.4 Å². The molecule has 2 aromatic heterocycles. The third-order valence-electron chi connectivity index (χ3n) is 4.53. The summed E-state index contributed by atoms with van der Waals surface area (Å²) in [5.41, 5.74) is 2.44. The number of benzene rings is 1. The maximum Gasteiger partial charge on any atom is 0.453 e. The van der Waals surface area contributed by atoms with Crippen LogP contribution in [0, 0.1) is 6.92 Å². The number of aryl methyl sites for hydroxylation is 2. The number of nitrogens with zero attached hydrogens (tertiary/aromatic N) is 5. The van der Waals surface area contributed by atoms with Gasteiger partial charge in [0.1, 0.15) is 5.82 Å². The Morgan fingerprint density at radius 1 is 1.25 bits per heavy atom. The lowest BCUT2D eigenvalue weighted by Gasteiger charge is -2.29. The number of hydrogen-bond acceptors (Lipinski definition) is 5. The van der Waals surface area contributed by atoms with E-state index in [0.29, 0.717) is 12.2 Å². The largest absolute Gasteiger partial charge is 0.453 e. The lowest BCUT2D eigenvalue weighted by molar-refractivity contribution is -0.144. The maximum atomic E-state index is 12.9. The number of alkyl halides is 3. The number of anilines is 2. The summed E-state index contributed by atoms with van der Waals surface area (Å²) in [7, 11) is 0. The Morgan fingerprint density at radius 3 is 2.82 bits per heavy atom. The van der Waals surface area contributed by atoms with Crippen molar-refractivity contribution in [2.24, 2.45) is 0 Å². The van der Waals surface area contributed by atoms with Crippen LogP contribution < -0.4 is 10.2 Å². The smallest absolute Gasteiger partial charge is 0.361 e. The van der Waals surface area contributed by atoms with Crippen LogP contribution >= 0.6 is 0 Å². The molecule has 1 aliphatic rings. The molecule has 0 bridgehead atoms. The highest BCUT2D eigenvalue weighted by Gasteiger charge is 2.37. The van der Waals surface area contributed by atoms with Crippen LogP contribution in [0.4, 0.5) is 24.7 Å². The van der Waals surface area contributed by atoms with Gasteiger partial charge in [0.25, 0.3) is 11.6 Å². The zero-order valence-corrected chi connectivity index (χ0v) is 15.0. The highest BCUT2D eigenvalue weighted by atomic mass is 19.4. The predicted octanol–water partition coefficient (Wildman–Crippen LogP) is 2.84. The molecule has 1 aliphatic heterocycles. The highest BCUT2D eigenvalue weighted by molar-refractivity contribution is 5.97. The predicted molar refractivity (Wildman–Crippen MR) is 96.1 cm³/mol. The molecule has 1 N–H and O–H groups in total. The summed E-state index contributed by atoms with van der Waals surface area (Å²) in [5, 5.41) is 6.37. The fraction of sp³-hybridized carbons (Fsp3) is 0.333. The van der Waals surface area contributed by atoms with Crippen LogP contribution in [-0.4, -0.2) is 38.6 Å². The highest BCUT2D eigenvalue weighted by Crippen LogP contribution is 2.28. The molecule has 1 amide bonds. The molecule has 4 rings (SSSR count). The van der Waals surface area contributed by atoms with Crippen LogP contribution in [0.15, 0.2) is 30.3 Å². The Labute approximate surface area is 158 Å². The van der Waals surface area contributed by atoms with Gasteiger partial charge in [-0.25, -0.2) is 4.98 Å². The molecule has 146 valence electrons. The first kappa shape index (κ1) is 18.2. The van der Waals surface area contributed by atoms with E-state index in [4.69, 9.17) is 0 Å². The summed E-state index contributed by atoms with van der Waals surface area (Å²) in [5.74, 6) is -1.40. The summed E-state index contributed by atoms with van der Waals surface area (Å²) in [6, 6.07) is 9.23. The molecule has 0 fully saturated rings. The van der Waals surface area contributed by atoms with Gasteiger partial charge in [-0.1, -0.05) is 18.2 Å². The monoisotopic (exact) mass is 390 g/mol. The van der Waals surface area contributed by atoms with Crippen LogP contribution in [0.3, 0.4) is 0 Å². The number of carbonyl (C=O) groups is 1. The number of halogens is 3. The molecule has 0 aliphatic carbocycles. The fourth-order valence-electron chi connectivity index (χ4n) is 3.29. The molecule has 0 saturated carbocycles. The van der Waals surface area contributed by atoms with Gasteiger partial charge >= 0.3 is 6.18 Å². The third kappa shape index (κ3) is 3.37. The van der Waals surface area contributed by atoms with Gasteiger partial charge in [0.2, 0.25) is 5.91 Å². The number of carbonyl (C=O) groups excluding carboxylic acids is 1. The summed E-state index contributed by atoms with van der Waals surface area (Å²) in [6.45, 7) is 2.15. The Balaban J connectivity index is 1.58. The summed E-state index contributed by atoms with van der Waals surface area (Å²) >= 11 is 0. The maximum absolute atomic E-state index is 12.9. The summed E-state index contributed by atoms with van der Waals surface area (Å²) < 4.78 is 39.7. The van der Waals surface area contributed by atoms with Crippen LogP contribution in [0.2, 0.25) is 0 Å². The first-order valence-corrected chi connectivity index (χ1v) is 8.77. The van der Waals surface area contributed by atoms with Crippen molar-refractivity contribution in [2.45, 2.75) is 25.9 Å². The minimum absolute atomic E-state index is 0.0892. The molecule has 0 unspecified atom stereocenters. The number of para-hydroxylation sites is 1. The van der Waals surface area contributed by atoms with E-state index in [2.05, 4.69) is 20.4 Å². The Kier molecular flexibility index (Phi) is 4.40. The van der Waals surface area contributed by atoms with Gasteiger partial charge in [0.15, 0.2) is 0 Å². The molecule has 3 aromatic rings. The number of nitrogens with one attached hydrogen (secondary N) is 1. The Bertz CT molecular complexity index is 1050. The second kappa shape index (κ2) is 6.77. The minimum atomic E-state index is -4.67. The molecule has 1 aromatic carbocycles. The van der Waals surface area contributed by atoms with Gasteiger partial charge in [-0.3, -0.25) is 4.79 Å². The van der Waals surface area contributed by atoms with Gasteiger partial charge in [-0.05, 0) is 31.4 Å². The number of hydrogen-bond donors (Lipinski definition) is 1. The van der Waals surface area contributed by atoms with E-state index in [-0.39, 0.29) is 24.0 Å². The quantitative estimate of drug-likeness (QED) is 0.744. The molecular weight excluding hydrogens is 373 g/mol. The molecular formula is C18H17F3N6O. The van der Waals surface area contributed by atoms with Crippen molar-refractivity contribution in [1.29, 1.82) is 0 Å². The molecule has 10 heteroatoms. The Morgan fingerprint density at radius 2 is 2.04 bits per heavy atom.